The summed E-state index contributed by atoms with van der Waals surface area (Å²) in [5.41, 5.74) is 10.8. The standard InChI is InChI=1S/C40H47N3O/c1-7-27-41-38(44)22-9-8-14-28-43-35-21-13-11-19-33(35)40(4,5)37(43)26-24-31-17-15-16-30(29-31)23-25-36-39(2,3)32-18-10-12-20-34(32)42(36)6/h1,10-13,18-21,23-26,29H,8-9,14-17,22,27-28H2,2-6H3/p+1. The van der Waals surface area contributed by atoms with Crippen molar-refractivity contribution in [2.24, 2.45) is 0 Å². The second kappa shape index (κ2) is 13.3. The average Bonchev–Trinajstić information content (AvgIpc) is 3.35. The van der Waals surface area contributed by atoms with E-state index in [0.717, 1.165) is 38.6 Å². The number of rotatable bonds is 10. The van der Waals surface area contributed by atoms with Crippen LogP contribution in [0.15, 0.2) is 95.8 Å². The zero-order chi connectivity index (χ0) is 31.3. The van der Waals surface area contributed by atoms with Crippen LogP contribution in [0.25, 0.3) is 0 Å². The number of carbonyl (C=O) groups is 1. The topological polar surface area (TPSA) is 35.4 Å². The quantitative estimate of drug-likeness (QED) is 0.173. The molecule has 44 heavy (non-hydrogen) atoms. The molecule has 228 valence electrons. The van der Waals surface area contributed by atoms with Gasteiger partial charge < -0.3 is 10.2 Å². The highest BCUT2D eigenvalue weighted by Crippen LogP contribution is 2.48. The van der Waals surface area contributed by atoms with Crippen molar-refractivity contribution in [1.82, 2.24) is 5.32 Å². The number of benzene rings is 2. The third kappa shape index (κ3) is 6.39. The Labute approximate surface area is 265 Å². The number of nitrogens with one attached hydrogen (secondary N) is 1. The van der Waals surface area contributed by atoms with Crippen LogP contribution >= 0.6 is 0 Å². The molecule has 1 amide bonds. The van der Waals surface area contributed by atoms with Crippen molar-refractivity contribution in [2.75, 3.05) is 25.0 Å². The lowest BCUT2D eigenvalue weighted by Gasteiger charge is -2.27. The number of unbranched alkanes of at least 4 members (excludes halogenated alkanes) is 2. The molecule has 4 heteroatoms. The molecule has 4 nitrogen and oxygen atoms in total. The van der Waals surface area contributed by atoms with Gasteiger partial charge in [0, 0.05) is 47.5 Å². The van der Waals surface area contributed by atoms with Crippen LogP contribution in [0, 0.1) is 12.3 Å². The van der Waals surface area contributed by atoms with Gasteiger partial charge in [0.15, 0.2) is 5.71 Å². The number of amides is 1. The van der Waals surface area contributed by atoms with Gasteiger partial charge in [0.2, 0.25) is 11.6 Å². The van der Waals surface area contributed by atoms with Gasteiger partial charge >= 0.3 is 0 Å². The van der Waals surface area contributed by atoms with E-state index >= 15 is 0 Å². The third-order valence-corrected chi connectivity index (χ3v) is 9.63. The summed E-state index contributed by atoms with van der Waals surface area (Å²) >= 11 is 0. The Morgan fingerprint density at radius 3 is 2.48 bits per heavy atom. The van der Waals surface area contributed by atoms with E-state index in [1.54, 1.807) is 0 Å². The number of hydrogen-bond acceptors (Lipinski definition) is 2. The van der Waals surface area contributed by atoms with E-state index in [1.807, 2.05) is 0 Å². The molecular weight excluding hydrogens is 538 g/mol. The molecule has 5 rings (SSSR count). The van der Waals surface area contributed by atoms with Gasteiger partial charge in [-0.1, -0.05) is 80.8 Å². The fourth-order valence-electron chi connectivity index (χ4n) is 7.17. The predicted molar refractivity (Wildman–Crippen MR) is 185 cm³/mol. The summed E-state index contributed by atoms with van der Waals surface area (Å²) in [7, 11) is 2.19. The van der Waals surface area contributed by atoms with Crippen molar-refractivity contribution >= 4 is 23.0 Å². The van der Waals surface area contributed by atoms with Gasteiger partial charge in [-0.15, -0.1) is 6.42 Å². The van der Waals surface area contributed by atoms with Crippen molar-refractivity contribution in [1.29, 1.82) is 0 Å². The molecule has 0 bridgehead atoms. The Morgan fingerprint density at radius 2 is 1.70 bits per heavy atom. The Kier molecular flexibility index (Phi) is 9.45. The molecule has 0 saturated carbocycles. The summed E-state index contributed by atoms with van der Waals surface area (Å²) in [6, 6.07) is 17.6. The second-order valence-electron chi connectivity index (χ2n) is 13.4. The average molecular weight is 587 g/mol. The van der Waals surface area contributed by atoms with Gasteiger partial charge in [-0.3, -0.25) is 4.79 Å². The molecule has 1 aliphatic carbocycles. The highest BCUT2D eigenvalue weighted by molar-refractivity contribution is 6.03. The monoisotopic (exact) mass is 586 g/mol. The second-order valence-corrected chi connectivity index (χ2v) is 13.4. The van der Waals surface area contributed by atoms with Gasteiger partial charge in [-0.05, 0) is 74.8 Å². The summed E-state index contributed by atoms with van der Waals surface area (Å²) in [5, 5.41) is 2.76. The molecule has 0 unspecified atom stereocenters. The van der Waals surface area contributed by atoms with Crippen molar-refractivity contribution in [3.63, 3.8) is 0 Å². The van der Waals surface area contributed by atoms with Gasteiger partial charge in [0.05, 0.1) is 12.0 Å². The molecule has 2 aliphatic heterocycles. The van der Waals surface area contributed by atoms with Gasteiger partial charge in [-0.25, -0.2) is 0 Å². The smallest absolute Gasteiger partial charge is 0.220 e. The first-order valence-corrected chi connectivity index (χ1v) is 16.2. The Hall–Kier alpha value is -4.10. The molecule has 0 radical (unpaired) electrons. The number of anilines is 1. The minimum absolute atomic E-state index is 0.0128. The first-order chi connectivity index (χ1) is 21.1. The SMILES string of the molecule is C#CCNC(=O)CCCCCN1/C(=C/C=C2C=C(/C=C/C3=[N+](C)c4ccccc4C3(C)C)CCC2)C(C)(C)c2ccccc21. The maximum Gasteiger partial charge on any atom is 0.220 e. The van der Waals surface area contributed by atoms with Crippen LogP contribution in [0.3, 0.4) is 0 Å². The number of carbonyl (C=O) groups excluding carboxylic acids is 1. The van der Waals surface area contributed by atoms with Gasteiger partial charge in [0.25, 0.3) is 0 Å². The number of terminal acetylenes is 1. The summed E-state index contributed by atoms with van der Waals surface area (Å²) in [6.07, 6.45) is 23.9. The maximum absolute atomic E-state index is 11.9. The molecule has 1 N–H and O–H groups in total. The molecule has 2 aromatic carbocycles. The molecule has 0 saturated heterocycles. The Bertz CT molecular complexity index is 1600. The number of allylic oxidation sites excluding steroid dienone is 8. The fraction of sp³-hybridized carbons (Fsp3) is 0.400. The van der Waals surface area contributed by atoms with E-state index in [2.05, 4.69) is 134 Å². The van der Waals surface area contributed by atoms with Crippen molar-refractivity contribution < 1.29 is 9.37 Å². The highest BCUT2D eigenvalue weighted by Gasteiger charge is 2.42. The fourth-order valence-corrected chi connectivity index (χ4v) is 7.17. The van der Waals surface area contributed by atoms with E-state index in [4.69, 9.17) is 6.42 Å². The molecule has 0 aromatic heterocycles. The molecule has 0 fully saturated rings. The van der Waals surface area contributed by atoms with Crippen LogP contribution in [0.4, 0.5) is 11.4 Å². The lowest BCUT2D eigenvalue weighted by atomic mass is 9.81. The van der Waals surface area contributed by atoms with Crippen LogP contribution < -0.4 is 10.2 Å². The molecule has 2 aromatic rings. The number of nitrogens with zero attached hydrogens (tertiary/aromatic N) is 2. The van der Waals surface area contributed by atoms with E-state index in [9.17, 15) is 4.79 Å². The van der Waals surface area contributed by atoms with E-state index < -0.39 is 0 Å². The number of fused-ring (bicyclic) bond motifs is 2. The van der Waals surface area contributed by atoms with Gasteiger partial charge in [-0.2, -0.15) is 4.58 Å². The lowest BCUT2D eigenvalue weighted by Crippen LogP contribution is -2.27. The molecule has 0 atom stereocenters. The summed E-state index contributed by atoms with van der Waals surface area (Å²) in [4.78, 5) is 14.4. The first-order valence-electron chi connectivity index (χ1n) is 16.2. The minimum Gasteiger partial charge on any atom is -0.345 e. The number of para-hydroxylation sites is 2. The molecule has 2 heterocycles. The van der Waals surface area contributed by atoms with E-state index in [1.165, 1.54) is 51.5 Å². The Balaban J connectivity index is 1.32. The van der Waals surface area contributed by atoms with Crippen LogP contribution in [-0.2, 0) is 15.6 Å². The number of hydrogen-bond donors (Lipinski definition) is 1. The molecule has 0 spiro atoms. The lowest BCUT2D eigenvalue weighted by molar-refractivity contribution is -0.401. The minimum atomic E-state index is -0.0752. The summed E-state index contributed by atoms with van der Waals surface area (Å²) < 4.78 is 2.35. The zero-order valence-electron chi connectivity index (χ0n) is 27.2. The van der Waals surface area contributed by atoms with Crippen molar-refractivity contribution in [3.8, 4) is 12.3 Å². The first kappa shape index (κ1) is 31.3. The van der Waals surface area contributed by atoms with E-state index in [0.29, 0.717) is 13.0 Å². The zero-order valence-corrected chi connectivity index (χ0v) is 27.2. The Morgan fingerprint density at radius 1 is 0.955 bits per heavy atom. The van der Waals surface area contributed by atoms with Crippen LogP contribution in [0.1, 0.15) is 83.8 Å². The van der Waals surface area contributed by atoms with Crippen molar-refractivity contribution in [2.45, 2.75) is 83.5 Å². The predicted octanol–water partition coefficient (Wildman–Crippen LogP) is 8.28. The van der Waals surface area contributed by atoms with Crippen LogP contribution in [-0.4, -0.2) is 36.3 Å². The highest BCUT2D eigenvalue weighted by atomic mass is 16.1. The third-order valence-electron chi connectivity index (χ3n) is 9.63. The maximum atomic E-state index is 11.9. The van der Waals surface area contributed by atoms with Crippen LogP contribution in [0.2, 0.25) is 0 Å². The van der Waals surface area contributed by atoms with Crippen LogP contribution in [0.5, 0.6) is 0 Å². The summed E-state index contributed by atoms with van der Waals surface area (Å²) in [6.45, 7) is 10.6. The molecule has 3 aliphatic rings. The summed E-state index contributed by atoms with van der Waals surface area (Å²) in [5.74, 6) is 2.51. The van der Waals surface area contributed by atoms with E-state index in [-0.39, 0.29) is 16.7 Å². The molecular formula is C40H48N3O+. The van der Waals surface area contributed by atoms with Crippen molar-refractivity contribution in [3.05, 3.63) is 107 Å². The normalized spacial score (nSPS) is 20.2. The van der Waals surface area contributed by atoms with Gasteiger partial charge in [0.1, 0.15) is 7.05 Å². The largest absolute Gasteiger partial charge is 0.345 e.